The van der Waals surface area contributed by atoms with Gasteiger partial charge in [-0.1, -0.05) is 15.9 Å². The van der Waals surface area contributed by atoms with Crippen molar-refractivity contribution in [3.63, 3.8) is 0 Å². The Morgan fingerprint density at radius 1 is 1.39 bits per heavy atom. The zero-order valence-electron chi connectivity index (χ0n) is 12.7. The van der Waals surface area contributed by atoms with E-state index in [0.717, 1.165) is 12.8 Å². The number of halogens is 1. The van der Waals surface area contributed by atoms with Crippen LogP contribution in [-0.2, 0) is 14.3 Å². The highest BCUT2D eigenvalue weighted by atomic mass is 79.9. The molecule has 2 rings (SSSR count). The second-order valence-electron chi connectivity index (χ2n) is 5.40. The molecule has 1 fully saturated rings. The van der Waals surface area contributed by atoms with Crippen LogP contribution in [0.15, 0.2) is 22.7 Å². The van der Waals surface area contributed by atoms with Gasteiger partial charge in [0, 0.05) is 23.2 Å². The molecule has 0 radical (unpaired) electrons. The van der Waals surface area contributed by atoms with Crippen molar-refractivity contribution in [2.75, 3.05) is 25.9 Å². The van der Waals surface area contributed by atoms with Gasteiger partial charge in [0.1, 0.15) is 0 Å². The van der Waals surface area contributed by atoms with E-state index in [1.165, 1.54) is 18.0 Å². The summed E-state index contributed by atoms with van der Waals surface area (Å²) in [5.41, 5.74) is 6.15. The van der Waals surface area contributed by atoms with Crippen LogP contribution in [0, 0.1) is 0 Å². The van der Waals surface area contributed by atoms with Crippen molar-refractivity contribution in [1.82, 2.24) is 10.2 Å². The molecule has 1 saturated carbocycles. The van der Waals surface area contributed by atoms with Gasteiger partial charge in [0.25, 0.3) is 5.91 Å². The number of hydrogen-bond acceptors (Lipinski definition) is 5. The number of ether oxygens (including phenoxy) is 1. The largest absolute Gasteiger partial charge is 0.452 e. The van der Waals surface area contributed by atoms with E-state index in [-0.39, 0.29) is 29.7 Å². The molecule has 0 heterocycles. The number of nitrogens with zero attached hydrogens (tertiary/aromatic N) is 1. The predicted molar refractivity (Wildman–Crippen MR) is 87.6 cm³/mol. The first-order valence-electron chi connectivity index (χ1n) is 7.12. The number of carbonyl (C=O) groups is 3. The van der Waals surface area contributed by atoms with Crippen LogP contribution in [0.5, 0.6) is 0 Å². The minimum atomic E-state index is -0.687. The highest BCUT2D eigenvalue weighted by Crippen LogP contribution is 2.19. The molecule has 2 amide bonds. The van der Waals surface area contributed by atoms with Crippen LogP contribution in [0.2, 0.25) is 0 Å². The SMILES string of the molecule is CN(CC(=O)NC1CC1)C(=O)COC(=O)c1cc(Br)ccc1N. The Bertz CT molecular complexity index is 631. The van der Waals surface area contributed by atoms with E-state index in [0.29, 0.717) is 4.47 Å². The van der Waals surface area contributed by atoms with Crippen LogP contribution >= 0.6 is 15.9 Å². The lowest BCUT2D eigenvalue weighted by molar-refractivity contribution is -0.137. The zero-order chi connectivity index (χ0) is 17.0. The van der Waals surface area contributed by atoms with Gasteiger partial charge in [0.15, 0.2) is 6.61 Å². The molecule has 0 aromatic heterocycles. The number of hydrogen-bond donors (Lipinski definition) is 2. The van der Waals surface area contributed by atoms with E-state index in [9.17, 15) is 14.4 Å². The Kier molecular flexibility index (Phi) is 5.59. The van der Waals surface area contributed by atoms with Crippen LogP contribution in [0.25, 0.3) is 0 Å². The highest BCUT2D eigenvalue weighted by Gasteiger charge is 2.24. The maximum absolute atomic E-state index is 11.9. The normalized spacial score (nSPS) is 13.3. The number of benzene rings is 1. The Morgan fingerprint density at radius 2 is 2.09 bits per heavy atom. The summed E-state index contributed by atoms with van der Waals surface area (Å²) >= 11 is 3.24. The molecule has 0 aliphatic heterocycles. The first-order chi connectivity index (χ1) is 10.9. The molecule has 0 spiro atoms. The van der Waals surface area contributed by atoms with Crippen molar-refractivity contribution in [2.24, 2.45) is 0 Å². The summed E-state index contributed by atoms with van der Waals surface area (Å²) in [5.74, 6) is -1.36. The Hall–Kier alpha value is -2.09. The van der Waals surface area contributed by atoms with Gasteiger partial charge >= 0.3 is 5.97 Å². The van der Waals surface area contributed by atoms with Gasteiger partial charge < -0.3 is 20.7 Å². The van der Waals surface area contributed by atoms with Crippen molar-refractivity contribution < 1.29 is 19.1 Å². The number of nitrogens with two attached hydrogens (primary N) is 1. The van der Waals surface area contributed by atoms with Crippen LogP contribution in [0.3, 0.4) is 0 Å². The fraction of sp³-hybridized carbons (Fsp3) is 0.400. The van der Waals surface area contributed by atoms with Gasteiger partial charge in [-0.15, -0.1) is 0 Å². The molecular formula is C15H18BrN3O4. The van der Waals surface area contributed by atoms with Gasteiger partial charge in [0.2, 0.25) is 5.91 Å². The van der Waals surface area contributed by atoms with Crippen LogP contribution < -0.4 is 11.1 Å². The Balaban J connectivity index is 1.81. The molecule has 0 saturated heterocycles. The van der Waals surface area contributed by atoms with Gasteiger partial charge in [-0.05, 0) is 31.0 Å². The molecule has 1 aromatic rings. The minimum Gasteiger partial charge on any atom is -0.452 e. The van der Waals surface area contributed by atoms with Crippen molar-refractivity contribution in [3.8, 4) is 0 Å². The molecule has 1 aliphatic rings. The maximum Gasteiger partial charge on any atom is 0.340 e. The lowest BCUT2D eigenvalue weighted by Crippen LogP contribution is -2.40. The van der Waals surface area contributed by atoms with Crippen LogP contribution in [-0.4, -0.2) is 48.9 Å². The quantitative estimate of drug-likeness (QED) is 0.561. The number of anilines is 1. The predicted octanol–water partition coefficient (Wildman–Crippen LogP) is 0.925. The van der Waals surface area contributed by atoms with E-state index >= 15 is 0 Å². The third-order valence-electron chi connectivity index (χ3n) is 3.31. The smallest absolute Gasteiger partial charge is 0.340 e. The number of carbonyl (C=O) groups excluding carboxylic acids is 3. The van der Waals surface area contributed by atoms with Gasteiger partial charge in [-0.3, -0.25) is 9.59 Å². The summed E-state index contributed by atoms with van der Waals surface area (Å²) in [6, 6.07) is 5.03. The van der Waals surface area contributed by atoms with E-state index in [1.807, 2.05) is 0 Å². The molecular weight excluding hydrogens is 366 g/mol. The molecule has 124 valence electrons. The summed E-state index contributed by atoms with van der Waals surface area (Å²) in [5, 5.41) is 2.78. The van der Waals surface area contributed by atoms with Crippen molar-refractivity contribution in [2.45, 2.75) is 18.9 Å². The van der Waals surface area contributed by atoms with Crippen molar-refractivity contribution in [1.29, 1.82) is 0 Å². The molecule has 8 heteroatoms. The minimum absolute atomic E-state index is 0.0636. The molecule has 7 nitrogen and oxygen atoms in total. The molecule has 1 aromatic carbocycles. The number of amides is 2. The molecule has 0 bridgehead atoms. The second kappa shape index (κ2) is 7.45. The number of esters is 1. The van der Waals surface area contributed by atoms with Crippen molar-refractivity contribution >= 4 is 39.4 Å². The summed E-state index contributed by atoms with van der Waals surface area (Å²) < 4.78 is 5.64. The van der Waals surface area contributed by atoms with E-state index < -0.39 is 18.5 Å². The average molecular weight is 384 g/mol. The topological polar surface area (TPSA) is 102 Å². The maximum atomic E-state index is 11.9. The summed E-state index contributed by atoms with van der Waals surface area (Å²) in [6.45, 7) is -0.510. The molecule has 23 heavy (non-hydrogen) atoms. The fourth-order valence-corrected chi connectivity index (χ4v) is 2.19. The van der Waals surface area contributed by atoms with E-state index in [4.69, 9.17) is 10.5 Å². The van der Waals surface area contributed by atoms with Crippen LogP contribution in [0.1, 0.15) is 23.2 Å². The van der Waals surface area contributed by atoms with Crippen molar-refractivity contribution in [3.05, 3.63) is 28.2 Å². The van der Waals surface area contributed by atoms with Crippen LogP contribution in [0.4, 0.5) is 5.69 Å². The van der Waals surface area contributed by atoms with E-state index in [2.05, 4.69) is 21.2 Å². The first-order valence-corrected chi connectivity index (χ1v) is 7.91. The highest BCUT2D eigenvalue weighted by molar-refractivity contribution is 9.10. The lowest BCUT2D eigenvalue weighted by atomic mass is 10.2. The van der Waals surface area contributed by atoms with E-state index in [1.54, 1.807) is 12.1 Å². The summed E-state index contributed by atoms with van der Waals surface area (Å²) in [4.78, 5) is 36.7. The molecule has 3 N–H and O–H groups in total. The molecule has 0 unspecified atom stereocenters. The lowest BCUT2D eigenvalue weighted by Gasteiger charge is -2.16. The standard InChI is InChI=1S/C15H18BrN3O4/c1-19(7-13(20)18-10-3-4-10)14(21)8-23-15(22)11-6-9(16)2-5-12(11)17/h2,5-6,10H,3-4,7-8,17H2,1H3,(H,18,20). The number of nitrogens with one attached hydrogen (secondary N) is 1. The zero-order valence-corrected chi connectivity index (χ0v) is 14.3. The third-order valence-corrected chi connectivity index (χ3v) is 3.80. The van der Waals surface area contributed by atoms with Gasteiger partial charge in [0.05, 0.1) is 12.1 Å². The monoisotopic (exact) mass is 383 g/mol. The fourth-order valence-electron chi connectivity index (χ4n) is 1.83. The molecule has 0 atom stereocenters. The number of likely N-dealkylation sites (N-methyl/N-ethyl adjacent to an activating group) is 1. The van der Waals surface area contributed by atoms with Gasteiger partial charge in [-0.2, -0.15) is 0 Å². The number of nitrogen functional groups attached to an aromatic ring is 1. The first kappa shape index (κ1) is 17.3. The Morgan fingerprint density at radius 3 is 2.74 bits per heavy atom. The third kappa shape index (κ3) is 5.24. The van der Waals surface area contributed by atoms with Gasteiger partial charge in [-0.25, -0.2) is 4.79 Å². The Labute approximate surface area is 142 Å². The number of rotatable bonds is 6. The molecule has 1 aliphatic carbocycles. The summed E-state index contributed by atoms with van der Waals surface area (Å²) in [7, 11) is 1.48. The summed E-state index contributed by atoms with van der Waals surface area (Å²) in [6.07, 6.45) is 1.96. The average Bonchev–Trinajstić information content (AvgIpc) is 3.30. The second-order valence-corrected chi connectivity index (χ2v) is 6.31.